The van der Waals surface area contributed by atoms with Gasteiger partial charge in [-0.2, -0.15) is 0 Å². The first-order valence-electron chi connectivity index (χ1n) is 8.44. The molecule has 3 aromatic rings. The normalized spacial score (nSPS) is 13.4. The molecule has 0 unspecified atom stereocenters. The van der Waals surface area contributed by atoms with Gasteiger partial charge in [-0.25, -0.2) is 9.97 Å². The summed E-state index contributed by atoms with van der Waals surface area (Å²) in [7, 11) is 3.24. The van der Waals surface area contributed by atoms with Crippen LogP contribution in [-0.4, -0.2) is 41.5 Å². The largest absolute Gasteiger partial charge is 0.493 e. The number of hydrogen-bond acceptors (Lipinski definition) is 5. The van der Waals surface area contributed by atoms with Gasteiger partial charge in [-0.3, -0.25) is 4.79 Å². The van der Waals surface area contributed by atoms with Crippen LogP contribution < -0.4 is 9.47 Å². The predicted octanol–water partition coefficient (Wildman–Crippen LogP) is 2.85. The molecule has 0 radical (unpaired) electrons. The zero-order chi connectivity index (χ0) is 18.1. The standard InChI is InChI=1S/C20H19N3O3/c1-25-17-9-13-7-8-23(11-14(13)10-18(17)26-2)20(24)19-15-5-3-4-6-16(15)21-12-22-19/h3-6,9-10,12H,7-8,11H2,1-2H3. The second kappa shape index (κ2) is 6.63. The molecule has 0 fully saturated rings. The number of hydrogen-bond donors (Lipinski definition) is 0. The number of carbonyl (C=O) groups is 1. The van der Waals surface area contributed by atoms with Crippen molar-refractivity contribution in [3.8, 4) is 11.5 Å². The van der Waals surface area contributed by atoms with E-state index >= 15 is 0 Å². The Morgan fingerprint density at radius 1 is 1.04 bits per heavy atom. The molecule has 1 amide bonds. The molecule has 6 nitrogen and oxygen atoms in total. The number of aromatic nitrogens is 2. The van der Waals surface area contributed by atoms with Gasteiger partial charge in [0.15, 0.2) is 11.5 Å². The van der Waals surface area contributed by atoms with E-state index in [0.29, 0.717) is 30.3 Å². The van der Waals surface area contributed by atoms with Crippen LogP contribution in [0, 0.1) is 0 Å². The minimum atomic E-state index is -0.0796. The highest BCUT2D eigenvalue weighted by Gasteiger charge is 2.25. The molecular weight excluding hydrogens is 330 g/mol. The molecule has 1 aliphatic heterocycles. The summed E-state index contributed by atoms with van der Waals surface area (Å²) in [6, 6.07) is 11.5. The van der Waals surface area contributed by atoms with Crippen molar-refractivity contribution in [2.24, 2.45) is 0 Å². The van der Waals surface area contributed by atoms with Crippen molar-refractivity contribution in [3.63, 3.8) is 0 Å². The van der Waals surface area contributed by atoms with Gasteiger partial charge in [-0.05, 0) is 35.7 Å². The van der Waals surface area contributed by atoms with E-state index in [9.17, 15) is 4.79 Å². The summed E-state index contributed by atoms with van der Waals surface area (Å²) in [5, 5.41) is 0.776. The summed E-state index contributed by atoms with van der Waals surface area (Å²) in [5.74, 6) is 1.31. The van der Waals surface area contributed by atoms with Crippen molar-refractivity contribution >= 4 is 16.8 Å². The predicted molar refractivity (Wildman–Crippen MR) is 97.5 cm³/mol. The van der Waals surface area contributed by atoms with Gasteiger partial charge in [0.25, 0.3) is 5.91 Å². The van der Waals surface area contributed by atoms with E-state index in [0.717, 1.165) is 22.9 Å². The molecule has 0 N–H and O–H groups in total. The van der Waals surface area contributed by atoms with Crippen LogP contribution in [-0.2, 0) is 13.0 Å². The Balaban J connectivity index is 1.67. The van der Waals surface area contributed by atoms with Crippen LogP contribution in [0.25, 0.3) is 10.9 Å². The highest BCUT2D eigenvalue weighted by Crippen LogP contribution is 2.33. The summed E-state index contributed by atoms with van der Waals surface area (Å²) in [4.78, 5) is 23.4. The number of fused-ring (bicyclic) bond motifs is 2. The third-order valence-electron chi connectivity index (χ3n) is 4.75. The van der Waals surface area contributed by atoms with Crippen molar-refractivity contribution in [1.82, 2.24) is 14.9 Å². The summed E-state index contributed by atoms with van der Waals surface area (Å²) in [6.45, 7) is 1.16. The van der Waals surface area contributed by atoms with Crippen LogP contribution in [0.4, 0.5) is 0 Å². The van der Waals surface area contributed by atoms with Crippen LogP contribution in [0.1, 0.15) is 21.6 Å². The molecule has 6 heteroatoms. The molecule has 0 saturated heterocycles. The van der Waals surface area contributed by atoms with Crippen molar-refractivity contribution in [2.45, 2.75) is 13.0 Å². The monoisotopic (exact) mass is 349 g/mol. The van der Waals surface area contributed by atoms with Gasteiger partial charge in [0.05, 0.1) is 19.7 Å². The fourth-order valence-electron chi connectivity index (χ4n) is 3.38. The van der Waals surface area contributed by atoms with E-state index in [1.807, 2.05) is 41.3 Å². The average Bonchev–Trinajstić information content (AvgIpc) is 2.71. The number of nitrogens with zero attached hydrogens (tertiary/aromatic N) is 3. The van der Waals surface area contributed by atoms with Crippen LogP contribution in [0.15, 0.2) is 42.7 Å². The molecule has 0 spiro atoms. The molecule has 1 aliphatic rings. The fourth-order valence-corrected chi connectivity index (χ4v) is 3.38. The quantitative estimate of drug-likeness (QED) is 0.727. The summed E-state index contributed by atoms with van der Waals surface area (Å²) >= 11 is 0. The second-order valence-corrected chi connectivity index (χ2v) is 6.19. The molecular formula is C20H19N3O3. The number of rotatable bonds is 3. The van der Waals surface area contributed by atoms with E-state index in [-0.39, 0.29) is 5.91 Å². The van der Waals surface area contributed by atoms with Crippen LogP contribution in [0.3, 0.4) is 0 Å². The Morgan fingerprint density at radius 2 is 1.77 bits per heavy atom. The van der Waals surface area contributed by atoms with Crippen molar-refractivity contribution < 1.29 is 14.3 Å². The maximum atomic E-state index is 13.1. The topological polar surface area (TPSA) is 64.6 Å². The molecule has 2 aromatic carbocycles. The first-order valence-corrected chi connectivity index (χ1v) is 8.44. The molecule has 2 heterocycles. The van der Waals surface area contributed by atoms with E-state index in [1.54, 1.807) is 14.2 Å². The Labute approximate surface area is 151 Å². The molecule has 4 rings (SSSR count). The smallest absolute Gasteiger partial charge is 0.273 e. The molecule has 0 bridgehead atoms. The van der Waals surface area contributed by atoms with Crippen molar-refractivity contribution in [2.75, 3.05) is 20.8 Å². The zero-order valence-corrected chi connectivity index (χ0v) is 14.7. The van der Waals surface area contributed by atoms with E-state index < -0.39 is 0 Å². The number of ether oxygens (including phenoxy) is 2. The van der Waals surface area contributed by atoms with Gasteiger partial charge in [-0.1, -0.05) is 18.2 Å². The lowest BCUT2D eigenvalue weighted by molar-refractivity contribution is 0.0730. The molecule has 0 aliphatic carbocycles. The molecule has 0 atom stereocenters. The lowest BCUT2D eigenvalue weighted by Gasteiger charge is -2.29. The molecule has 1 aromatic heterocycles. The highest BCUT2D eigenvalue weighted by molar-refractivity contribution is 6.04. The van der Waals surface area contributed by atoms with Crippen molar-refractivity contribution in [1.29, 1.82) is 0 Å². The number of methoxy groups -OCH3 is 2. The van der Waals surface area contributed by atoms with Crippen LogP contribution in [0.2, 0.25) is 0 Å². The van der Waals surface area contributed by atoms with Gasteiger partial charge >= 0.3 is 0 Å². The minimum absolute atomic E-state index is 0.0796. The first kappa shape index (κ1) is 16.3. The summed E-state index contributed by atoms with van der Waals surface area (Å²) < 4.78 is 10.8. The highest BCUT2D eigenvalue weighted by atomic mass is 16.5. The Hall–Kier alpha value is -3.15. The van der Waals surface area contributed by atoms with Gasteiger partial charge in [0.2, 0.25) is 0 Å². The minimum Gasteiger partial charge on any atom is -0.493 e. The first-order chi connectivity index (χ1) is 12.7. The molecule has 26 heavy (non-hydrogen) atoms. The number of carbonyl (C=O) groups excluding carboxylic acids is 1. The van der Waals surface area contributed by atoms with Gasteiger partial charge in [0.1, 0.15) is 12.0 Å². The summed E-state index contributed by atoms with van der Waals surface area (Å²) in [5.41, 5.74) is 3.47. The average molecular weight is 349 g/mol. The van der Waals surface area contributed by atoms with E-state index in [1.165, 1.54) is 11.9 Å². The maximum absolute atomic E-state index is 13.1. The lowest BCUT2D eigenvalue weighted by Crippen LogP contribution is -2.36. The fraction of sp³-hybridized carbons (Fsp3) is 0.250. The summed E-state index contributed by atoms with van der Waals surface area (Å²) in [6.07, 6.45) is 2.21. The Bertz CT molecular complexity index is 982. The number of benzene rings is 2. The van der Waals surface area contributed by atoms with Gasteiger partial charge in [-0.15, -0.1) is 0 Å². The number of amides is 1. The van der Waals surface area contributed by atoms with Gasteiger partial charge < -0.3 is 14.4 Å². The van der Waals surface area contributed by atoms with E-state index in [4.69, 9.17) is 9.47 Å². The Morgan fingerprint density at radius 3 is 2.54 bits per heavy atom. The Kier molecular flexibility index (Phi) is 4.16. The number of para-hydroxylation sites is 1. The lowest BCUT2D eigenvalue weighted by atomic mass is 9.98. The molecule has 0 saturated carbocycles. The van der Waals surface area contributed by atoms with Crippen LogP contribution >= 0.6 is 0 Å². The zero-order valence-electron chi connectivity index (χ0n) is 14.7. The van der Waals surface area contributed by atoms with Gasteiger partial charge in [0, 0.05) is 18.5 Å². The van der Waals surface area contributed by atoms with Crippen molar-refractivity contribution in [3.05, 3.63) is 59.5 Å². The van der Waals surface area contributed by atoms with Crippen LogP contribution in [0.5, 0.6) is 11.5 Å². The van der Waals surface area contributed by atoms with E-state index in [2.05, 4.69) is 9.97 Å². The third kappa shape index (κ3) is 2.73. The third-order valence-corrected chi connectivity index (χ3v) is 4.75. The SMILES string of the molecule is COc1cc2c(cc1OC)CN(C(=O)c1ncnc3ccccc13)CC2. The molecule has 132 valence electrons. The second-order valence-electron chi connectivity index (χ2n) is 6.19. The maximum Gasteiger partial charge on any atom is 0.273 e.